The largest absolute Gasteiger partial charge is 0.387 e. The van der Waals surface area contributed by atoms with Gasteiger partial charge in [-0.15, -0.1) is 0 Å². The lowest BCUT2D eigenvalue weighted by molar-refractivity contribution is 0.0983. The van der Waals surface area contributed by atoms with Crippen LogP contribution in [-0.2, 0) is 23.2 Å². The number of nitrogens with zero attached hydrogens (tertiary/aromatic N) is 2. The Bertz CT molecular complexity index is 926. The summed E-state index contributed by atoms with van der Waals surface area (Å²) in [6, 6.07) is 23.2. The van der Waals surface area contributed by atoms with Crippen LogP contribution < -0.4 is 0 Å². The van der Waals surface area contributed by atoms with Crippen molar-refractivity contribution in [3.63, 3.8) is 0 Å². The van der Waals surface area contributed by atoms with Crippen LogP contribution in [0.5, 0.6) is 0 Å². The first-order chi connectivity index (χ1) is 15.4. The summed E-state index contributed by atoms with van der Waals surface area (Å²) in [4.78, 5) is 2.32. The molecule has 32 heavy (non-hydrogen) atoms. The van der Waals surface area contributed by atoms with Crippen molar-refractivity contribution in [2.75, 3.05) is 26.8 Å². The summed E-state index contributed by atoms with van der Waals surface area (Å²) in [7, 11) is 1.74. The number of aromatic nitrogens is 1. The van der Waals surface area contributed by atoms with E-state index >= 15 is 0 Å². The van der Waals surface area contributed by atoms with E-state index in [1.807, 2.05) is 30.3 Å². The van der Waals surface area contributed by atoms with Crippen LogP contribution in [0, 0.1) is 0 Å². The second-order valence-electron chi connectivity index (χ2n) is 9.58. The zero-order valence-electron chi connectivity index (χ0n) is 20.0. The zero-order chi connectivity index (χ0) is 23.0. The Labute approximate surface area is 193 Å². The van der Waals surface area contributed by atoms with E-state index in [1.54, 1.807) is 7.11 Å². The number of hydrogen-bond donors (Lipinski definition) is 1. The molecule has 1 atom stereocenters. The summed E-state index contributed by atoms with van der Waals surface area (Å²) < 4.78 is 7.57. The third-order valence-electron chi connectivity index (χ3n) is 5.92. The van der Waals surface area contributed by atoms with Gasteiger partial charge in [-0.3, -0.25) is 4.90 Å². The number of ether oxygens (including phenoxy) is 1. The first-order valence-corrected chi connectivity index (χ1v) is 11.5. The van der Waals surface area contributed by atoms with Crippen LogP contribution in [0.1, 0.15) is 55.7 Å². The van der Waals surface area contributed by atoms with Crippen molar-refractivity contribution < 1.29 is 9.84 Å². The Hall–Kier alpha value is -2.40. The molecule has 1 unspecified atom stereocenters. The summed E-state index contributed by atoms with van der Waals surface area (Å²) in [5.41, 5.74) is 5.03. The average Bonchev–Trinajstić information content (AvgIpc) is 3.20. The van der Waals surface area contributed by atoms with Gasteiger partial charge in [0.25, 0.3) is 0 Å². The van der Waals surface area contributed by atoms with Crippen LogP contribution in [0.4, 0.5) is 0 Å². The highest BCUT2D eigenvalue weighted by Crippen LogP contribution is 2.23. The third kappa shape index (κ3) is 7.06. The topological polar surface area (TPSA) is 37.6 Å². The number of rotatable bonds is 11. The first kappa shape index (κ1) is 24.2. The maximum absolute atomic E-state index is 10.8. The summed E-state index contributed by atoms with van der Waals surface area (Å²) in [5.74, 6) is 0. The van der Waals surface area contributed by atoms with Crippen molar-refractivity contribution in [2.45, 2.75) is 51.8 Å². The van der Waals surface area contributed by atoms with Gasteiger partial charge >= 0.3 is 0 Å². The van der Waals surface area contributed by atoms with Crippen LogP contribution in [0.3, 0.4) is 0 Å². The van der Waals surface area contributed by atoms with Crippen molar-refractivity contribution in [3.05, 3.63) is 95.3 Å². The molecule has 172 valence electrons. The van der Waals surface area contributed by atoms with Crippen molar-refractivity contribution in [2.24, 2.45) is 0 Å². The molecule has 0 saturated heterocycles. The normalized spacial score (nSPS) is 12.9. The lowest BCUT2D eigenvalue weighted by atomic mass is 9.87. The summed E-state index contributed by atoms with van der Waals surface area (Å²) >= 11 is 0. The molecule has 0 radical (unpaired) electrons. The van der Waals surface area contributed by atoms with Crippen molar-refractivity contribution in [3.8, 4) is 0 Å². The van der Waals surface area contributed by atoms with E-state index in [4.69, 9.17) is 4.74 Å². The quantitative estimate of drug-likeness (QED) is 0.410. The van der Waals surface area contributed by atoms with Crippen molar-refractivity contribution in [1.29, 1.82) is 0 Å². The van der Waals surface area contributed by atoms with E-state index in [2.05, 4.69) is 72.8 Å². The number of methoxy groups -OCH3 is 1. The van der Waals surface area contributed by atoms with Crippen molar-refractivity contribution >= 4 is 0 Å². The molecule has 2 aromatic carbocycles. The monoisotopic (exact) mass is 434 g/mol. The van der Waals surface area contributed by atoms with Gasteiger partial charge in [-0.2, -0.15) is 0 Å². The molecule has 0 spiro atoms. The van der Waals surface area contributed by atoms with E-state index in [9.17, 15) is 5.11 Å². The molecule has 0 aliphatic heterocycles. The molecule has 0 aliphatic carbocycles. The van der Waals surface area contributed by atoms with Gasteiger partial charge in [0.1, 0.15) is 0 Å². The van der Waals surface area contributed by atoms with E-state index < -0.39 is 6.10 Å². The number of benzene rings is 2. The molecule has 4 heteroatoms. The average molecular weight is 435 g/mol. The van der Waals surface area contributed by atoms with E-state index in [1.165, 1.54) is 16.8 Å². The smallest absolute Gasteiger partial charge is 0.0917 e. The molecule has 3 aromatic rings. The number of aliphatic hydroxyl groups excluding tert-OH is 1. The van der Waals surface area contributed by atoms with Gasteiger partial charge in [-0.1, -0.05) is 75.4 Å². The molecule has 3 rings (SSSR count). The Morgan fingerprint density at radius 2 is 1.69 bits per heavy atom. The zero-order valence-corrected chi connectivity index (χ0v) is 20.0. The van der Waals surface area contributed by atoms with Gasteiger partial charge in [0.05, 0.1) is 6.10 Å². The van der Waals surface area contributed by atoms with Gasteiger partial charge in [0.2, 0.25) is 0 Å². The van der Waals surface area contributed by atoms with Crippen LogP contribution in [0.25, 0.3) is 0 Å². The lowest BCUT2D eigenvalue weighted by Crippen LogP contribution is -2.31. The Kier molecular flexibility index (Phi) is 8.68. The predicted molar refractivity (Wildman–Crippen MR) is 132 cm³/mol. The molecule has 1 heterocycles. The minimum Gasteiger partial charge on any atom is -0.387 e. The summed E-state index contributed by atoms with van der Waals surface area (Å²) in [6.45, 7) is 10.6. The molecular formula is C28H38N2O2. The number of aliphatic hydroxyl groups is 1. The van der Waals surface area contributed by atoms with Crippen LogP contribution in [0.2, 0.25) is 0 Å². The van der Waals surface area contributed by atoms with Crippen molar-refractivity contribution in [1.82, 2.24) is 9.47 Å². The Balaban J connectivity index is 1.69. The highest BCUT2D eigenvalue weighted by atomic mass is 16.5. The lowest BCUT2D eigenvalue weighted by Gasteiger charge is -2.26. The fourth-order valence-electron chi connectivity index (χ4n) is 3.98. The molecular weight excluding hydrogens is 396 g/mol. The molecule has 0 amide bonds. The van der Waals surface area contributed by atoms with Crippen LogP contribution in [-0.4, -0.2) is 41.4 Å². The van der Waals surface area contributed by atoms with Crippen LogP contribution in [0.15, 0.2) is 72.9 Å². The summed E-state index contributed by atoms with van der Waals surface area (Å²) in [6.07, 6.45) is 2.58. The molecule has 0 fully saturated rings. The molecule has 4 nitrogen and oxygen atoms in total. The van der Waals surface area contributed by atoms with Gasteiger partial charge in [0, 0.05) is 51.8 Å². The molecule has 0 bridgehead atoms. The molecule has 0 aliphatic rings. The maximum Gasteiger partial charge on any atom is 0.0917 e. The summed E-state index contributed by atoms with van der Waals surface area (Å²) in [5, 5.41) is 10.8. The minimum absolute atomic E-state index is 0.166. The second-order valence-corrected chi connectivity index (χ2v) is 9.58. The number of hydrogen-bond acceptors (Lipinski definition) is 3. The maximum atomic E-state index is 10.8. The first-order valence-electron chi connectivity index (χ1n) is 11.5. The second kappa shape index (κ2) is 11.5. The van der Waals surface area contributed by atoms with Gasteiger partial charge < -0.3 is 14.4 Å². The minimum atomic E-state index is -0.507. The molecule has 1 aromatic heterocycles. The highest BCUT2D eigenvalue weighted by Gasteiger charge is 2.16. The molecule has 0 saturated carbocycles. The van der Waals surface area contributed by atoms with Gasteiger partial charge in [0.15, 0.2) is 0 Å². The van der Waals surface area contributed by atoms with E-state index in [0.717, 1.165) is 38.2 Å². The SMILES string of the molecule is COCCCN(Cc1cccn1Cc1ccc(C(C)(C)C)cc1)CC(O)c1ccccc1. The Morgan fingerprint density at radius 3 is 2.34 bits per heavy atom. The third-order valence-corrected chi connectivity index (χ3v) is 5.92. The van der Waals surface area contributed by atoms with E-state index in [0.29, 0.717) is 6.54 Å². The fraction of sp³-hybridized carbons (Fsp3) is 0.429. The standard InChI is InChI=1S/C28H38N2O2/c1-28(2,3)25-15-13-23(14-16-25)20-30-18-8-12-26(30)21-29(17-9-19-32-4)22-27(31)24-10-6-5-7-11-24/h5-8,10-16,18,27,31H,9,17,19-22H2,1-4H3. The fourth-order valence-corrected chi connectivity index (χ4v) is 3.98. The van der Waals surface area contributed by atoms with Crippen LogP contribution >= 0.6 is 0 Å². The molecule has 1 N–H and O–H groups in total. The Morgan fingerprint density at radius 1 is 0.969 bits per heavy atom. The van der Waals surface area contributed by atoms with E-state index in [-0.39, 0.29) is 5.41 Å². The van der Waals surface area contributed by atoms with Gasteiger partial charge in [-0.25, -0.2) is 0 Å². The van der Waals surface area contributed by atoms with Gasteiger partial charge in [-0.05, 0) is 40.7 Å². The highest BCUT2D eigenvalue weighted by molar-refractivity contribution is 5.28. The predicted octanol–water partition coefficient (Wildman–Crippen LogP) is 5.41.